The van der Waals surface area contributed by atoms with Gasteiger partial charge in [-0.2, -0.15) is 4.57 Å². The van der Waals surface area contributed by atoms with Crippen molar-refractivity contribution in [1.29, 1.82) is 0 Å². The number of nitrogens with zero attached hydrogens (tertiary/aromatic N) is 1. The minimum atomic E-state index is 0.277. The Labute approximate surface area is 150 Å². The number of fused-ring (bicyclic) bond motifs is 6. The molecule has 0 spiro atoms. The van der Waals surface area contributed by atoms with Crippen LogP contribution in [0, 0.1) is 0 Å². The smallest absolute Gasteiger partial charge is 0.192 e. The molecule has 2 aliphatic rings. The molecular formula is C24H24N+. The molecular weight excluding hydrogens is 302 g/mol. The highest BCUT2D eigenvalue weighted by atomic mass is 15.2. The lowest BCUT2D eigenvalue weighted by Gasteiger charge is -2.29. The summed E-state index contributed by atoms with van der Waals surface area (Å²) in [5, 5.41) is 0. The molecule has 1 heteroatoms. The number of pyridine rings is 1. The largest absolute Gasteiger partial charge is 0.213 e. The number of aromatic nitrogens is 1. The molecule has 2 unspecified atom stereocenters. The highest BCUT2D eigenvalue weighted by Crippen LogP contribution is 2.67. The lowest BCUT2D eigenvalue weighted by atomic mass is 9.79. The van der Waals surface area contributed by atoms with E-state index in [0.717, 1.165) is 0 Å². The predicted molar refractivity (Wildman–Crippen MR) is 102 cm³/mol. The first kappa shape index (κ1) is 14.9. The number of rotatable bonds is 3. The third kappa shape index (κ3) is 1.76. The third-order valence-electron chi connectivity index (χ3n) is 6.79. The van der Waals surface area contributed by atoms with Crippen molar-refractivity contribution in [2.45, 2.75) is 44.1 Å². The topological polar surface area (TPSA) is 3.88 Å². The van der Waals surface area contributed by atoms with Crippen molar-refractivity contribution in [2.75, 3.05) is 0 Å². The molecule has 1 saturated carbocycles. The maximum absolute atomic E-state index is 2.58. The van der Waals surface area contributed by atoms with Gasteiger partial charge in [0, 0.05) is 25.0 Å². The van der Waals surface area contributed by atoms with Crippen LogP contribution < -0.4 is 4.57 Å². The van der Waals surface area contributed by atoms with Crippen molar-refractivity contribution in [3.8, 4) is 22.4 Å². The van der Waals surface area contributed by atoms with Crippen LogP contribution in [0.4, 0.5) is 0 Å². The molecule has 2 heterocycles. The van der Waals surface area contributed by atoms with Crippen molar-refractivity contribution in [1.82, 2.24) is 0 Å². The van der Waals surface area contributed by atoms with Crippen LogP contribution in [0.15, 0.2) is 72.9 Å². The monoisotopic (exact) mass is 326 g/mol. The highest BCUT2D eigenvalue weighted by Gasteiger charge is 2.76. The van der Waals surface area contributed by atoms with Crippen LogP contribution in [-0.2, 0) is 11.0 Å². The van der Waals surface area contributed by atoms with Crippen LogP contribution in [0.2, 0.25) is 0 Å². The molecule has 5 rings (SSSR count). The van der Waals surface area contributed by atoms with Gasteiger partial charge in [0.05, 0.1) is 11.0 Å². The number of hydrogen-bond acceptors (Lipinski definition) is 0. The van der Waals surface area contributed by atoms with Gasteiger partial charge in [-0.25, -0.2) is 0 Å². The van der Waals surface area contributed by atoms with Crippen molar-refractivity contribution in [3.05, 3.63) is 78.5 Å². The maximum atomic E-state index is 2.58. The minimum Gasteiger partial charge on any atom is -0.192 e. The summed E-state index contributed by atoms with van der Waals surface area (Å²) in [6, 6.07) is 24.5. The molecule has 124 valence electrons. The summed E-state index contributed by atoms with van der Waals surface area (Å²) < 4.78 is 2.58. The Kier molecular flexibility index (Phi) is 3.01. The fourth-order valence-electron chi connectivity index (χ4n) is 5.41. The summed E-state index contributed by atoms with van der Waals surface area (Å²) >= 11 is 0. The van der Waals surface area contributed by atoms with Gasteiger partial charge in [-0.3, -0.25) is 0 Å². The summed E-state index contributed by atoms with van der Waals surface area (Å²) in [6.07, 6.45) is 5.98. The average Bonchev–Trinajstić information content (AvgIpc) is 3.40. The van der Waals surface area contributed by atoms with E-state index in [1.807, 2.05) is 0 Å². The maximum Gasteiger partial charge on any atom is 0.213 e. The van der Waals surface area contributed by atoms with Gasteiger partial charge in [0.2, 0.25) is 5.69 Å². The molecule has 1 aromatic heterocycles. The Morgan fingerprint density at radius 2 is 1.64 bits per heavy atom. The van der Waals surface area contributed by atoms with E-state index in [1.54, 1.807) is 5.56 Å². The third-order valence-corrected chi connectivity index (χ3v) is 6.79. The molecule has 0 saturated heterocycles. The molecule has 1 aliphatic carbocycles. The summed E-state index contributed by atoms with van der Waals surface area (Å²) in [5.41, 5.74) is 7.55. The fourth-order valence-corrected chi connectivity index (χ4v) is 5.41. The second-order valence-corrected chi connectivity index (χ2v) is 7.58. The number of hydrogen-bond donors (Lipinski definition) is 0. The van der Waals surface area contributed by atoms with E-state index >= 15 is 0 Å². The lowest BCUT2D eigenvalue weighted by molar-refractivity contribution is -0.735. The van der Waals surface area contributed by atoms with Crippen molar-refractivity contribution in [3.63, 3.8) is 0 Å². The van der Waals surface area contributed by atoms with E-state index in [2.05, 4.69) is 91.3 Å². The SMILES string of the molecule is CCC12CC1(CC)[n+]1ccccc1-c1cc(-c3ccccc3)ccc12. The molecule has 0 amide bonds. The second kappa shape index (κ2) is 5.05. The second-order valence-electron chi connectivity index (χ2n) is 7.58. The zero-order valence-corrected chi connectivity index (χ0v) is 15.0. The van der Waals surface area contributed by atoms with Gasteiger partial charge in [0.1, 0.15) is 0 Å². The van der Waals surface area contributed by atoms with E-state index in [-0.39, 0.29) is 5.54 Å². The van der Waals surface area contributed by atoms with Crippen molar-refractivity contribution < 1.29 is 4.57 Å². The zero-order valence-electron chi connectivity index (χ0n) is 15.0. The van der Waals surface area contributed by atoms with E-state index in [1.165, 1.54) is 41.6 Å². The van der Waals surface area contributed by atoms with Gasteiger partial charge in [-0.15, -0.1) is 0 Å². The Balaban J connectivity index is 1.78. The van der Waals surface area contributed by atoms with Gasteiger partial charge < -0.3 is 0 Å². The molecule has 1 fully saturated rings. The average molecular weight is 326 g/mol. The first-order valence-electron chi connectivity index (χ1n) is 9.47. The normalized spacial score (nSPS) is 25.7. The standard InChI is InChI=1S/C24H24N/c1-3-23-17-24(23,4-2)25-15-9-8-12-22(25)20-16-19(13-14-21(20)23)18-10-6-5-7-11-18/h5-16H,3-4,17H2,1-2H3/q+1. The minimum absolute atomic E-state index is 0.277. The van der Waals surface area contributed by atoms with E-state index < -0.39 is 0 Å². The van der Waals surface area contributed by atoms with Crippen LogP contribution in [0.3, 0.4) is 0 Å². The summed E-state index contributed by atoms with van der Waals surface area (Å²) in [7, 11) is 0. The van der Waals surface area contributed by atoms with Crippen molar-refractivity contribution in [2.24, 2.45) is 0 Å². The van der Waals surface area contributed by atoms with Crippen molar-refractivity contribution >= 4 is 0 Å². The lowest BCUT2D eigenvalue weighted by Crippen LogP contribution is -2.54. The molecule has 25 heavy (non-hydrogen) atoms. The Morgan fingerprint density at radius 3 is 2.40 bits per heavy atom. The van der Waals surface area contributed by atoms with Gasteiger partial charge in [-0.05, 0) is 35.2 Å². The molecule has 2 aromatic carbocycles. The molecule has 3 aromatic rings. The van der Waals surface area contributed by atoms with Crippen LogP contribution in [-0.4, -0.2) is 0 Å². The van der Waals surface area contributed by atoms with Gasteiger partial charge in [0.15, 0.2) is 11.7 Å². The van der Waals surface area contributed by atoms with E-state index in [0.29, 0.717) is 5.41 Å². The molecule has 0 bridgehead atoms. The Bertz CT molecular complexity index is 959. The van der Waals surface area contributed by atoms with Crippen LogP contribution >= 0.6 is 0 Å². The molecule has 2 atom stereocenters. The summed E-state index contributed by atoms with van der Waals surface area (Å²) in [4.78, 5) is 0. The first-order valence-corrected chi connectivity index (χ1v) is 9.47. The quantitative estimate of drug-likeness (QED) is 0.561. The number of benzene rings is 2. The molecule has 1 aliphatic heterocycles. The molecule has 0 N–H and O–H groups in total. The van der Waals surface area contributed by atoms with Gasteiger partial charge in [0.25, 0.3) is 0 Å². The highest BCUT2D eigenvalue weighted by molar-refractivity contribution is 5.76. The summed E-state index contributed by atoms with van der Waals surface area (Å²) in [5.74, 6) is 0. The Morgan fingerprint density at radius 1 is 0.840 bits per heavy atom. The van der Waals surface area contributed by atoms with Crippen LogP contribution in [0.1, 0.15) is 38.7 Å². The summed E-state index contributed by atoms with van der Waals surface area (Å²) in [6.45, 7) is 4.71. The van der Waals surface area contributed by atoms with Gasteiger partial charge in [-0.1, -0.05) is 56.3 Å². The fraction of sp³-hybridized carbons (Fsp3) is 0.292. The van der Waals surface area contributed by atoms with Crippen LogP contribution in [0.5, 0.6) is 0 Å². The van der Waals surface area contributed by atoms with E-state index in [4.69, 9.17) is 0 Å². The first-order chi connectivity index (χ1) is 12.3. The Hall–Kier alpha value is -2.41. The molecule has 1 nitrogen and oxygen atoms in total. The van der Waals surface area contributed by atoms with Crippen LogP contribution in [0.25, 0.3) is 22.4 Å². The van der Waals surface area contributed by atoms with E-state index in [9.17, 15) is 0 Å². The predicted octanol–water partition coefficient (Wildman–Crippen LogP) is 5.48. The van der Waals surface area contributed by atoms with Gasteiger partial charge >= 0.3 is 0 Å². The zero-order chi connectivity index (χ0) is 17.1. The molecule has 0 radical (unpaired) electrons.